The number of benzene rings is 2. The van der Waals surface area contributed by atoms with E-state index in [0.717, 1.165) is 5.56 Å². The van der Waals surface area contributed by atoms with Crippen molar-refractivity contribution < 1.29 is 9.59 Å². The van der Waals surface area contributed by atoms with Gasteiger partial charge in [-0.3, -0.25) is 9.59 Å². The van der Waals surface area contributed by atoms with E-state index in [0.29, 0.717) is 11.3 Å². The highest BCUT2D eigenvalue weighted by Crippen LogP contribution is 2.14. The Bertz CT molecular complexity index is 621. The van der Waals surface area contributed by atoms with Crippen LogP contribution in [0.15, 0.2) is 54.6 Å². The second-order valence-corrected chi connectivity index (χ2v) is 4.86. The van der Waals surface area contributed by atoms with Crippen molar-refractivity contribution in [1.29, 1.82) is 0 Å². The van der Waals surface area contributed by atoms with Crippen molar-refractivity contribution in [3.05, 3.63) is 65.7 Å². The molecule has 21 heavy (non-hydrogen) atoms. The summed E-state index contributed by atoms with van der Waals surface area (Å²) in [5.74, 6) is -0.273. The molecule has 0 aromatic heterocycles. The van der Waals surface area contributed by atoms with Crippen LogP contribution in [-0.4, -0.2) is 11.8 Å². The quantitative estimate of drug-likeness (QED) is 0.905. The van der Waals surface area contributed by atoms with E-state index < -0.39 is 0 Å². The van der Waals surface area contributed by atoms with Crippen LogP contribution in [0, 0.1) is 0 Å². The molecular formula is C17H18N2O2. The first kappa shape index (κ1) is 14.8. The predicted molar refractivity (Wildman–Crippen MR) is 83.1 cm³/mol. The van der Waals surface area contributed by atoms with Crippen LogP contribution >= 0.6 is 0 Å². The minimum absolute atomic E-state index is 0.0614. The van der Waals surface area contributed by atoms with Gasteiger partial charge in [-0.15, -0.1) is 0 Å². The molecule has 2 aromatic rings. The van der Waals surface area contributed by atoms with Gasteiger partial charge in [0, 0.05) is 18.2 Å². The summed E-state index contributed by atoms with van der Waals surface area (Å²) in [6.45, 7) is 3.39. The molecule has 4 heteroatoms. The van der Waals surface area contributed by atoms with Crippen molar-refractivity contribution in [3.63, 3.8) is 0 Å². The summed E-state index contributed by atoms with van der Waals surface area (Å²) in [4.78, 5) is 23.1. The third-order valence-corrected chi connectivity index (χ3v) is 3.11. The summed E-state index contributed by atoms with van der Waals surface area (Å²) in [6, 6.07) is 16.5. The third-order valence-electron chi connectivity index (χ3n) is 3.11. The fourth-order valence-electron chi connectivity index (χ4n) is 2.01. The lowest BCUT2D eigenvalue weighted by Gasteiger charge is -2.14. The van der Waals surface area contributed by atoms with E-state index in [1.807, 2.05) is 37.3 Å². The number of nitrogens with one attached hydrogen (secondary N) is 2. The van der Waals surface area contributed by atoms with E-state index in [9.17, 15) is 9.59 Å². The van der Waals surface area contributed by atoms with Gasteiger partial charge in [-0.05, 0) is 36.8 Å². The predicted octanol–water partition coefficient (Wildman–Crippen LogP) is 3.14. The lowest BCUT2D eigenvalue weighted by Crippen LogP contribution is -2.26. The van der Waals surface area contributed by atoms with E-state index >= 15 is 0 Å². The summed E-state index contributed by atoms with van der Waals surface area (Å²) < 4.78 is 0. The number of hydrogen-bond acceptors (Lipinski definition) is 2. The number of carbonyl (C=O) groups is 2. The van der Waals surface area contributed by atoms with Crippen LogP contribution in [0.5, 0.6) is 0 Å². The number of anilines is 1. The molecule has 4 nitrogen and oxygen atoms in total. The fourth-order valence-corrected chi connectivity index (χ4v) is 2.01. The molecule has 0 unspecified atom stereocenters. The Morgan fingerprint density at radius 2 is 1.57 bits per heavy atom. The maximum absolute atomic E-state index is 12.2. The first-order valence-electron chi connectivity index (χ1n) is 6.79. The fraction of sp³-hybridized carbons (Fsp3) is 0.176. The Balaban J connectivity index is 2.01. The highest BCUT2D eigenvalue weighted by Gasteiger charge is 2.11. The molecule has 2 N–H and O–H groups in total. The highest BCUT2D eigenvalue weighted by molar-refractivity contribution is 5.95. The van der Waals surface area contributed by atoms with Gasteiger partial charge < -0.3 is 10.6 Å². The van der Waals surface area contributed by atoms with Gasteiger partial charge in [0.1, 0.15) is 0 Å². The van der Waals surface area contributed by atoms with Crippen molar-refractivity contribution in [2.24, 2.45) is 0 Å². The van der Waals surface area contributed by atoms with Crippen molar-refractivity contribution in [2.45, 2.75) is 19.9 Å². The van der Waals surface area contributed by atoms with Crippen molar-refractivity contribution in [1.82, 2.24) is 5.32 Å². The first-order valence-corrected chi connectivity index (χ1v) is 6.79. The average Bonchev–Trinajstić information content (AvgIpc) is 2.48. The van der Waals surface area contributed by atoms with Gasteiger partial charge in [-0.25, -0.2) is 0 Å². The summed E-state index contributed by atoms with van der Waals surface area (Å²) in [5, 5.41) is 5.61. The molecule has 2 aromatic carbocycles. The largest absolute Gasteiger partial charge is 0.346 e. The smallest absolute Gasteiger partial charge is 0.251 e. The van der Waals surface area contributed by atoms with Crippen molar-refractivity contribution in [3.8, 4) is 0 Å². The van der Waals surface area contributed by atoms with Gasteiger partial charge in [0.25, 0.3) is 5.91 Å². The number of hydrogen-bond donors (Lipinski definition) is 2. The Hall–Kier alpha value is -2.62. The van der Waals surface area contributed by atoms with E-state index in [1.165, 1.54) is 6.92 Å². The summed E-state index contributed by atoms with van der Waals surface area (Å²) in [7, 11) is 0. The zero-order valence-electron chi connectivity index (χ0n) is 12.1. The molecule has 0 aliphatic heterocycles. The summed E-state index contributed by atoms with van der Waals surface area (Å²) in [5.41, 5.74) is 2.29. The first-order chi connectivity index (χ1) is 10.1. The average molecular weight is 282 g/mol. The number of carbonyl (C=O) groups excluding carboxylic acids is 2. The third kappa shape index (κ3) is 4.18. The molecule has 0 bridgehead atoms. The maximum Gasteiger partial charge on any atom is 0.251 e. The maximum atomic E-state index is 12.2. The topological polar surface area (TPSA) is 58.2 Å². The second kappa shape index (κ2) is 6.70. The molecule has 1 atom stereocenters. The second-order valence-electron chi connectivity index (χ2n) is 4.86. The zero-order valence-corrected chi connectivity index (χ0v) is 12.1. The minimum atomic E-state index is -0.138. The molecule has 0 aliphatic rings. The Kier molecular flexibility index (Phi) is 4.72. The lowest BCUT2D eigenvalue weighted by molar-refractivity contribution is -0.114. The van der Waals surface area contributed by atoms with E-state index in [-0.39, 0.29) is 17.9 Å². The molecule has 0 radical (unpaired) electrons. The van der Waals surface area contributed by atoms with Gasteiger partial charge in [-0.2, -0.15) is 0 Å². The molecule has 0 aliphatic carbocycles. The van der Waals surface area contributed by atoms with Crippen LogP contribution in [0.2, 0.25) is 0 Å². The van der Waals surface area contributed by atoms with E-state index in [2.05, 4.69) is 10.6 Å². The highest BCUT2D eigenvalue weighted by atomic mass is 16.2. The van der Waals surface area contributed by atoms with Crippen LogP contribution in [0.1, 0.15) is 35.8 Å². The molecule has 2 amide bonds. The van der Waals surface area contributed by atoms with Crippen LogP contribution < -0.4 is 10.6 Å². The van der Waals surface area contributed by atoms with E-state index in [4.69, 9.17) is 0 Å². The number of rotatable bonds is 4. The van der Waals surface area contributed by atoms with Crippen molar-refractivity contribution >= 4 is 17.5 Å². The van der Waals surface area contributed by atoms with Crippen LogP contribution in [0.3, 0.4) is 0 Å². The van der Waals surface area contributed by atoms with Crippen molar-refractivity contribution in [2.75, 3.05) is 5.32 Å². The van der Waals surface area contributed by atoms with Crippen LogP contribution in [0.4, 0.5) is 5.69 Å². The zero-order chi connectivity index (χ0) is 15.2. The Morgan fingerprint density at radius 3 is 2.14 bits per heavy atom. The molecule has 0 fully saturated rings. The lowest BCUT2D eigenvalue weighted by atomic mass is 10.1. The van der Waals surface area contributed by atoms with Crippen LogP contribution in [-0.2, 0) is 4.79 Å². The standard InChI is InChI=1S/C17H18N2O2/c1-12(14-6-4-3-5-7-14)18-17(21)15-8-10-16(11-9-15)19-13(2)20/h3-12H,1-2H3,(H,18,21)(H,19,20)/t12-/m1/s1. The molecule has 0 saturated heterocycles. The van der Waals surface area contributed by atoms with Gasteiger partial charge >= 0.3 is 0 Å². The van der Waals surface area contributed by atoms with Gasteiger partial charge in [0.05, 0.1) is 6.04 Å². The Morgan fingerprint density at radius 1 is 0.952 bits per heavy atom. The van der Waals surface area contributed by atoms with Gasteiger partial charge in [0.2, 0.25) is 5.91 Å². The van der Waals surface area contributed by atoms with E-state index in [1.54, 1.807) is 24.3 Å². The molecule has 0 heterocycles. The summed E-state index contributed by atoms with van der Waals surface area (Å²) in [6.07, 6.45) is 0. The molecular weight excluding hydrogens is 264 g/mol. The Labute approximate surface area is 124 Å². The minimum Gasteiger partial charge on any atom is -0.346 e. The molecule has 0 saturated carbocycles. The van der Waals surface area contributed by atoms with Gasteiger partial charge in [-0.1, -0.05) is 30.3 Å². The summed E-state index contributed by atoms with van der Waals surface area (Å²) >= 11 is 0. The van der Waals surface area contributed by atoms with Crippen LogP contribution in [0.25, 0.3) is 0 Å². The normalized spacial score (nSPS) is 11.5. The number of amides is 2. The van der Waals surface area contributed by atoms with Gasteiger partial charge in [0.15, 0.2) is 0 Å². The molecule has 0 spiro atoms. The monoisotopic (exact) mass is 282 g/mol. The SMILES string of the molecule is CC(=O)Nc1ccc(C(=O)N[C@H](C)c2ccccc2)cc1. The molecule has 108 valence electrons. The molecule has 2 rings (SSSR count).